The highest BCUT2D eigenvalue weighted by atomic mass is 16.7. The summed E-state index contributed by atoms with van der Waals surface area (Å²) >= 11 is 0. The minimum absolute atomic E-state index is 0.158. The van der Waals surface area contributed by atoms with Gasteiger partial charge in [0, 0.05) is 27.4 Å². The van der Waals surface area contributed by atoms with Crippen LogP contribution in [0.3, 0.4) is 0 Å². The van der Waals surface area contributed by atoms with Gasteiger partial charge in [-0.3, -0.25) is 0 Å². The molecule has 1 aliphatic rings. The topological polar surface area (TPSA) is 39.7 Å². The first kappa shape index (κ1) is 13.9. The first-order valence-corrected chi connectivity index (χ1v) is 6.20. The third-order valence-electron chi connectivity index (χ3n) is 3.16. The molecule has 0 aromatic heterocycles. The number of hydrogen-bond acceptors (Lipinski definition) is 4. The molecule has 0 bridgehead atoms. The molecule has 16 heavy (non-hydrogen) atoms. The predicted octanol–water partition coefficient (Wildman–Crippen LogP) is 1.40. The lowest BCUT2D eigenvalue weighted by Gasteiger charge is -2.34. The van der Waals surface area contributed by atoms with Crippen LogP contribution in [0.15, 0.2) is 0 Å². The minimum Gasteiger partial charge on any atom is -0.381 e. The van der Waals surface area contributed by atoms with Crippen LogP contribution in [-0.4, -0.2) is 46.3 Å². The quantitative estimate of drug-likeness (QED) is 0.672. The molecule has 0 saturated carbocycles. The molecule has 96 valence electrons. The second-order valence-electron chi connectivity index (χ2n) is 4.27. The van der Waals surface area contributed by atoms with Crippen LogP contribution in [0.25, 0.3) is 0 Å². The van der Waals surface area contributed by atoms with E-state index in [9.17, 15) is 0 Å². The highest BCUT2D eigenvalue weighted by molar-refractivity contribution is 4.81. The van der Waals surface area contributed by atoms with Gasteiger partial charge in [0.2, 0.25) is 0 Å². The van der Waals surface area contributed by atoms with E-state index in [4.69, 9.17) is 14.2 Å². The lowest BCUT2D eigenvalue weighted by Crippen LogP contribution is -2.49. The summed E-state index contributed by atoms with van der Waals surface area (Å²) in [7, 11) is 3.40. The number of rotatable bonds is 7. The van der Waals surface area contributed by atoms with Gasteiger partial charge in [-0.05, 0) is 31.7 Å². The van der Waals surface area contributed by atoms with Crippen molar-refractivity contribution in [3.8, 4) is 0 Å². The number of nitrogens with one attached hydrogen (secondary N) is 1. The Kier molecular flexibility index (Phi) is 6.96. The zero-order valence-corrected chi connectivity index (χ0v) is 10.7. The zero-order chi connectivity index (χ0) is 11.8. The van der Waals surface area contributed by atoms with Crippen LogP contribution in [0.1, 0.15) is 26.2 Å². The molecule has 1 unspecified atom stereocenters. The van der Waals surface area contributed by atoms with E-state index in [1.54, 1.807) is 14.2 Å². The smallest absolute Gasteiger partial charge is 0.172 e. The van der Waals surface area contributed by atoms with Crippen LogP contribution in [0.4, 0.5) is 0 Å². The third kappa shape index (κ3) is 4.01. The predicted molar refractivity (Wildman–Crippen MR) is 63.4 cm³/mol. The molecule has 1 saturated heterocycles. The summed E-state index contributed by atoms with van der Waals surface area (Å²) in [5.74, 6) is 0.588. The number of hydrogen-bond donors (Lipinski definition) is 1. The van der Waals surface area contributed by atoms with Gasteiger partial charge in [-0.25, -0.2) is 0 Å². The zero-order valence-electron chi connectivity index (χ0n) is 10.7. The fourth-order valence-electron chi connectivity index (χ4n) is 2.26. The molecular weight excluding hydrogens is 206 g/mol. The second-order valence-corrected chi connectivity index (χ2v) is 4.27. The van der Waals surface area contributed by atoms with Crippen molar-refractivity contribution in [2.24, 2.45) is 5.92 Å². The van der Waals surface area contributed by atoms with Crippen LogP contribution in [0.2, 0.25) is 0 Å². The molecule has 0 amide bonds. The van der Waals surface area contributed by atoms with Gasteiger partial charge >= 0.3 is 0 Å². The Morgan fingerprint density at radius 1 is 1.25 bits per heavy atom. The molecule has 1 fully saturated rings. The van der Waals surface area contributed by atoms with E-state index in [1.807, 2.05) is 0 Å². The Bertz CT molecular complexity index is 168. The first-order chi connectivity index (χ1) is 7.83. The van der Waals surface area contributed by atoms with E-state index >= 15 is 0 Å². The molecule has 1 heterocycles. The summed E-state index contributed by atoms with van der Waals surface area (Å²) in [6.07, 6.45) is 3.14. The van der Waals surface area contributed by atoms with Crippen molar-refractivity contribution in [1.82, 2.24) is 5.32 Å². The maximum Gasteiger partial charge on any atom is 0.172 e. The molecule has 0 spiro atoms. The van der Waals surface area contributed by atoms with E-state index in [2.05, 4.69) is 12.2 Å². The summed E-state index contributed by atoms with van der Waals surface area (Å²) in [5, 5.41) is 3.54. The summed E-state index contributed by atoms with van der Waals surface area (Å²) in [5.41, 5.74) is 0. The summed E-state index contributed by atoms with van der Waals surface area (Å²) in [4.78, 5) is 0. The van der Waals surface area contributed by atoms with Gasteiger partial charge < -0.3 is 19.5 Å². The van der Waals surface area contributed by atoms with Crippen LogP contribution in [-0.2, 0) is 14.2 Å². The minimum atomic E-state index is -0.158. The highest BCUT2D eigenvalue weighted by Crippen LogP contribution is 2.22. The second kappa shape index (κ2) is 8.01. The molecule has 4 heteroatoms. The number of methoxy groups -OCH3 is 2. The number of ether oxygens (including phenoxy) is 3. The maximum atomic E-state index is 5.39. The molecule has 0 aromatic rings. The van der Waals surface area contributed by atoms with Crippen molar-refractivity contribution in [3.05, 3.63) is 0 Å². The van der Waals surface area contributed by atoms with E-state index in [0.717, 1.165) is 39.0 Å². The van der Waals surface area contributed by atoms with E-state index < -0.39 is 0 Å². The summed E-state index contributed by atoms with van der Waals surface area (Å²) < 4.78 is 16.2. The van der Waals surface area contributed by atoms with E-state index in [-0.39, 0.29) is 12.3 Å². The molecule has 0 aromatic carbocycles. The van der Waals surface area contributed by atoms with Crippen molar-refractivity contribution < 1.29 is 14.2 Å². The molecule has 1 rings (SSSR count). The fraction of sp³-hybridized carbons (Fsp3) is 1.00. The molecule has 1 aliphatic heterocycles. The SMILES string of the molecule is CCCNC(C1CCOCC1)C(OC)OC. The fourth-order valence-corrected chi connectivity index (χ4v) is 2.26. The third-order valence-corrected chi connectivity index (χ3v) is 3.16. The van der Waals surface area contributed by atoms with Crippen molar-refractivity contribution >= 4 is 0 Å². The van der Waals surface area contributed by atoms with Gasteiger partial charge in [0.25, 0.3) is 0 Å². The molecule has 4 nitrogen and oxygen atoms in total. The highest BCUT2D eigenvalue weighted by Gasteiger charge is 2.30. The molecule has 0 aliphatic carbocycles. The maximum absolute atomic E-state index is 5.39. The van der Waals surface area contributed by atoms with Gasteiger partial charge in [0.1, 0.15) is 0 Å². The van der Waals surface area contributed by atoms with Crippen LogP contribution >= 0.6 is 0 Å². The molecule has 1 N–H and O–H groups in total. The molecular formula is C12H25NO3. The lowest BCUT2D eigenvalue weighted by atomic mass is 9.91. The van der Waals surface area contributed by atoms with Crippen molar-refractivity contribution in [3.63, 3.8) is 0 Å². The molecule has 0 radical (unpaired) electrons. The van der Waals surface area contributed by atoms with Crippen molar-refractivity contribution in [2.75, 3.05) is 34.0 Å². The largest absolute Gasteiger partial charge is 0.381 e. The van der Waals surface area contributed by atoms with E-state index in [0.29, 0.717) is 5.92 Å². The van der Waals surface area contributed by atoms with Gasteiger partial charge in [-0.2, -0.15) is 0 Å². The van der Waals surface area contributed by atoms with Gasteiger partial charge in [-0.1, -0.05) is 6.92 Å². The average molecular weight is 231 g/mol. The normalized spacial score (nSPS) is 20.2. The van der Waals surface area contributed by atoms with Crippen molar-refractivity contribution in [1.29, 1.82) is 0 Å². The Balaban J connectivity index is 2.52. The Morgan fingerprint density at radius 2 is 1.88 bits per heavy atom. The van der Waals surface area contributed by atoms with Gasteiger partial charge in [-0.15, -0.1) is 0 Å². The average Bonchev–Trinajstić information content (AvgIpc) is 2.35. The van der Waals surface area contributed by atoms with Gasteiger partial charge in [0.05, 0.1) is 6.04 Å². The lowest BCUT2D eigenvalue weighted by molar-refractivity contribution is -0.139. The Morgan fingerprint density at radius 3 is 2.38 bits per heavy atom. The molecule has 1 atom stereocenters. The van der Waals surface area contributed by atoms with Crippen LogP contribution in [0, 0.1) is 5.92 Å². The summed E-state index contributed by atoms with van der Waals surface area (Å²) in [6, 6.07) is 0.277. The van der Waals surface area contributed by atoms with E-state index in [1.165, 1.54) is 0 Å². The van der Waals surface area contributed by atoms with Crippen molar-refractivity contribution in [2.45, 2.75) is 38.5 Å². The van der Waals surface area contributed by atoms with Crippen LogP contribution < -0.4 is 5.32 Å². The standard InChI is InChI=1S/C12H25NO3/c1-4-7-13-11(12(14-2)15-3)10-5-8-16-9-6-10/h10-13H,4-9H2,1-3H3. The Hall–Kier alpha value is -0.160. The monoisotopic (exact) mass is 231 g/mol. The van der Waals surface area contributed by atoms with Gasteiger partial charge in [0.15, 0.2) is 6.29 Å². The first-order valence-electron chi connectivity index (χ1n) is 6.20. The summed E-state index contributed by atoms with van der Waals surface area (Å²) in [6.45, 7) is 4.89. The van der Waals surface area contributed by atoms with Crippen LogP contribution in [0.5, 0.6) is 0 Å². The Labute approximate surface area is 98.6 Å².